The number of nitrogens with zero attached hydrogens (tertiary/aromatic N) is 2. The van der Waals surface area contributed by atoms with E-state index in [1.165, 1.54) is 0 Å². The molecule has 1 aromatic heterocycles. The van der Waals surface area contributed by atoms with Crippen molar-refractivity contribution in [3.05, 3.63) is 66.5 Å². The fraction of sp³-hybridized carbons (Fsp3) is 0. The van der Waals surface area contributed by atoms with Crippen molar-refractivity contribution in [2.45, 2.75) is 0 Å². The first-order chi connectivity index (χ1) is 10.3. The number of oxime groups is 1. The lowest BCUT2D eigenvalue weighted by Crippen LogP contribution is -2.14. The summed E-state index contributed by atoms with van der Waals surface area (Å²) < 4.78 is 5.79. The van der Waals surface area contributed by atoms with Gasteiger partial charge in [0.1, 0.15) is 17.2 Å². The van der Waals surface area contributed by atoms with Gasteiger partial charge < -0.3 is 15.7 Å². The zero-order valence-corrected chi connectivity index (χ0v) is 11.1. The second kappa shape index (κ2) is 5.50. The van der Waals surface area contributed by atoms with E-state index in [-0.39, 0.29) is 5.84 Å². The summed E-state index contributed by atoms with van der Waals surface area (Å²) >= 11 is 0. The number of ether oxygens (including phenoxy) is 1. The number of pyridine rings is 1. The first-order valence-corrected chi connectivity index (χ1v) is 6.37. The van der Waals surface area contributed by atoms with E-state index in [1.54, 1.807) is 18.3 Å². The molecule has 0 aliphatic rings. The van der Waals surface area contributed by atoms with Gasteiger partial charge in [0.2, 0.25) is 0 Å². The molecule has 1 heterocycles. The summed E-state index contributed by atoms with van der Waals surface area (Å²) in [5.74, 6) is 1.23. The number of hydrogen-bond acceptors (Lipinski definition) is 4. The molecule has 0 atom stereocenters. The van der Waals surface area contributed by atoms with Gasteiger partial charge in [-0.05, 0) is 29.0 Å². The van der Waals surface area contributed by atoms with Crippen molar-refractivity contribution in [2.75, 3.05) is 0 Å². The van der Waals surface area contributed by atoms with Gasteiger partial charge in [0.25, 0.3) is 0 Å². The molecule has 21 heavy (non-hydrogen) atoms. The van der Waals surface area contributed by atoms with E-state index in [4.69, 9.17) is 15.7 Å². The highest BCUT2D eigenvalue weighted by Crippen LogP contribution is 2.25. The molecular formula is C16H13N3O2. The molecule has 0 radical (unpaired) electrons. The average molecular weight is 279 g/mol. The lowest BCUT2D eigenvalue weighted by atomic mass is 10.1. The average Bonchev–Trinajstić information content (AvgIpc) is 2.54. The SMILES string of the molecule is NC(=NO)c1cc(Oc2ccc3ccccc3c2)ccn1. The molecule has 104 valence electrons. The largest absolute Gasteiger partial charge is 0.457 e. The summed E-state index contributed by atoms with van der Waals surface area (Å²) in [4.78, 5) is 4.01. The van der Waals surface area contributed by atoms with Crippen molar-refractivity contribution in [3.63, 3.8) is 0 Å². The van der Waals surface area contributed by atoms with Crippen LogP contribution in [0.1, 0.15) is 5.69 Å². The van der Waals surface area contributed by atoms with E-state index in [2.05, 4.69) is 10.1 Å². The van der Waals surface area contributed by atoms with Crippen LogP contribution in [0.15, 0.2) is 65.9 Å². The van der Waals surface area contributed by atoms with Gasteiger partial charge in [-0.2, -0.15) is 0 Å². The molecule has 0 spiro atoms. The van der Waals surface area contributed by atoms with E-state index in [0.717, 1.165) is 10.8 Å². The number of benzene rings is 2. The Morgan fingerprint density at radius 2 is 1.76 bits per heavy atom. The van der Waals surface area contributed by atoms with E-state index in [1.807, 2.05) is 42.5 Å². The van der Waals surface area contributed by atoms with Crippen LogP contribution < -0.4 is 10.5 Å². The van der Waals surface area contributed by atoms with Crippen LogP contribution >= 0.6 is 0 Å². The minimum Gasteiger partial charge on any atom is -0.457 e. The Hall–Kier alpha value is -3.08. The maximum atomic E-state index is 8.67. The fourth-order valence-corrected chi connectivity index (χ4v) is 2.03. The van der Waals surface area contributed by atoms with E-state index in [9.17, 15) is 0 Å². The van der Waals surface area contributed by atoms with E-state index < -0.39 is 0 Å². The zero-order chi connectivity index (χ0) is 14.7. The van der Waals surface area contributed by atoms with Crippen LogP contribution in [0, 0.1) is 0 Å². The molecule has 5 nitrogen and oxygen atoms in total. The summed E-state index contributed by atoms with van der Waals surface area (Å²) in [6, 6.07) is 17.2. The number of nitrogens with two attached hydrogens (primary N) is 1. The predicted molar refractivity (Wildman–Crippen MR) is 80.8 cm³/mol. The molecule has 3 aromatic rings. The van der Waals surface area contributed by atoms with Crippen molar-refractivity contribution in [3.8, 4) is 11.5 Å². The van der Waals surface area contributed by atoms with Crippen molar-refractivity contribution < 1.29 is 9.94 Å². The first kappa shape index (κ1) is 12.9. The zero-order valence-electron chi connectivity index (χ0n) is 11.1. The quantitative estimate of drug-likeness (QED) is 0.334. The van der Waals surface area contributed by atoms with Crippen molar-refractivity contribution in [1.82, 2.24) is 4.98 Å². The summed E-state index contributed by atoms with van der Waals surface area (Å²) in [5, 5.41) is 13.8. The van der Waals surface area contributed by atoms with Gasteiger partial charge in [-0.1, -0.05) is 35.5 Å². The van der Waals surface area contributed by atoms with Crippen molar-refractivity contribution in [2.24, 2.45) is 10.9 Å². The lowest BCUT2D eigenvalue weighted by molar-refractivity contribution is 0.318. The molecule has 0 fully saturated rings. The Bertz CT molecular complexity index is 815. The molecule has 0 aliphatic heterocycles. The highest BCUT2D eigenvalue weighted by atomic mass is 16.5. The second-order valence-corrected chi connectivity index (χ2v) is 4.47. The molecule has 0 saturated heterocycles. The predicted octanol–water partition coefficient (Wildman–Crippen LogP) is 3.12. The number of aromatic nitrogens is 1. The second-order valence-electron chi connectivity index (χ2n) is 4.47. The molecule has 0 bridgehead atoms. The Morgan fingerprint density at radius 3 is 2.57 bits per heavy atom. The van der Waals surface area contributed by atoms with Crippen LogP contribution in [0.25, 0.3) is 10.8 Å². The van der Waals surface area contributed by atoms with Crippen LogP contribution in [0.2, 0.25) is 0 Å². The molecule has 5 heteroatoms. The lowest BCUT2D eigenvalue weighted by Gasteiger charge is -2.07. The summed E-state index contributed by atoms with van der Waals surface area (Å²) in [7, 11) is 0. The van der Waals surface area contributed by atoms with Crippen LogP contribution in [-0.4, -0.2) is 16.0 Å². The number of amidine groups is 1. The van der Waals surface area contributed by atoms with Crippen LogP contribution in [-0.2, 0) is 0 Å². The number of hydrogen-bond donors (Lipinski definition) is 2. The molecular weight excluding hydrogens is 266 g/mol. The third kappa shape index (κ3) is 2.76. The van der Waals surface area contributed by atoms with Gasteiger partial charge in [0, 0.05) is 12.3 Å². The maximum Gasteiger partial charge on any atom is 0.188 e. The topological polar surface area (TPSA) is 80.7 Å². The third-order valence-electron chi connectivity index (χ3n) is 3.06. The highest BCUT2D eigenvalue weighted by molar-refractivity contribution is 5.95. The Morgan fingerprint density at radius 1 is 1.00 bits per heavy atom. The van der Waals surface area contributed by atoms with Gasteiger partial charge >= 0.3 is 0 Å². The summed E-state index contributed by atoms with van der Waals surface area (Å²) in [5.41, 5.74) is 5.87. The molecule has 0 unspecified atom stereocenters. The van der Waals surface area contributed by atoms with Gasteiger partial charge in [-0.25, -0.2) is 0 Å². The standard InChI is InChI=1S/C16H13N3O2/c17-16(19-20)15-10-14(7-8-18-15)21-13-6-5-11-3-1-2-4-12(11)9-13/h1-10,20H,(H2,17,19). The normalized spacial score (nSPS) is 11.5. The van der Waals surface area contributed by atoms with Gasteiger partial charge in [-0.3, -0.25) is 4.98 Å². The van der Waals surface area contributed by atoms with Crippen molar-refractivity contribution in [1.29, 1.82) is 0 Å². The van der Waals surface area contributed by atoms with Crippen LogP contribution in [0.5, 0.6) is 11.5 Å². The van der Waals surface area contributed by atoms with E-state index in [0.29, 0.717) is 17.2 Å². The molecule has 3 N–H and O–H groups in total. The molecule has 2 aromatic carbocycles. The smallest absolute Gasteiger partial charge is 0.188 e. The summed E-state index contributed by atoms with van der Waals surface area (Å²) in [6.45, 7) is 0. The highest BCUT2D eigenvalue weighted by Gasteiger charge is 2.04. The Labute approximate surface area is 121 Å². The monoisotopic (exact) mass is 279 g/mol. The van der Waals surface area contributed by atoms with Crippen molar-refractivity contribution >= 4 is 16.6 Å². The third-order valence-corrected chi connectivity index (χ3v) is 3.06. The molecule has 0 amide bonds. The molecule has 3 rings (SSSR count). The number of rotatable bonds is 3. The molecule has 0 saturated carbocycles. The number of fused-ring (bicyclic) bond motifs is 1. The molecule has 0 aliphatic carbocycles. The van der Waals surface area contributed by atoms with Crippen LogP contribution in [0.3, 0.4) is 0 Å². The fourth-order valence-electron chi connectivity index (χ4n) is 2.03. The van der Waals surface area contributed by atoms with Gasteiger partial charge in [-0.15, -0.1) is 0 Å². The van der Waals surface area contributed by atoms with E-state index >= 15 is 0 Å². The minimum atomic E-state index is -0.0565. The maximum absolute atomic E-state index is 8.67. The Balaban J connectivity index is 1.91. The van der Waals surface area contributed by atoms with Gasteiger partial charge in [0.15, 0.2) is 5.84 Å². The minimum absolute atomic E-state index is 0.0565. The van der Waals surface area contributed by atoms with Crippen LogP contribution in [0.4, 0.5) is 0 Å². The first-order valence-electron chi connectivity index (χ1n) is 6.37. The Kier molecular flexibility index (Phi) is 3.39. The van der Waals surface area contributed by atoms with Gasteiger partial charge in [0.05, 0.1) is 0 Å². The summed E-state index contributed by atoms with van der Waals surface area (Å²) in [6.07, 6.45) is 1.55.